The molecule has 1 saturated heterocycles. The third-order valence-corrected chi connectivity index (χ3v) is 3.82. The molecule has 1 aliphatic rings. The Labute approximate surface area is 109 Å². The molecule has 1 fully saturated rings. The van der Waals surface area contributed by atoms with E-state index in [0.29, 0.717) is 5.92 Å². The van der Waals surface area contributed by atoms with Crippen LogP contribution in [0.2, 0.25) is 0 Å². The Bertz CT molecular complexity index is 442. The van der Waals surface area contributed by atoms with Gasteiger partial charge >= 0.3 is 0 Å². The molecule has 1 aromatic carbocycles. The Hall–Kier alpha value is -1.35. The summed E-state index contributed by atoms with van der Waals surface area (Å²) in [7, 11) is 1.97. The van der Waals surface area contributed by atoms with Gasteiger partial charge in [0.05, 0.1) is 0 Å². The van der Waals surface area contributed by atoms with Crippen LogP contribution in [0.5, 0.6) is 0 Å². The Morgan fingerprint density at radius 2 is 2.17 bits per heavy atom. The van der Waals surface area contributed by atoms with E-state index in [9.17, 15) is 4.79 Å². The largest absolute Gasteiger partial charge is 0.338 e. The Balaban J connectivity index is 2.05. The van der Waals surface area contributed by atoms with Gasteiger partial charge in [-0.15, -0.1) is 0 Å². The maximum absolute atomic E-state index is 12.4. The summed E-state index contributed by atoms with van der Waals surface area (Å²) in [6, 6.07) is 5.98. The van der Waals surface area contributed by atoms with Gasteiger partial charge in [0.1, 0.15) is 0 Å². The van der Waals surface area contributed by atoms with Gasteiger partial charge in [-0.05, 0) is 63.0 Å². The number of rotatable bonds is 3. The van der Waals surface area contributed by atoms with Gasteiger partial charge in [0.15, 0.2) is 0 Å². The highest BCUT2D eigenvalue weighted by atomic mass is 16.2. The van der Waals surface area contributed by atoms with Gasteiger partial charge in [0.2, 0.25) is 0 Å². The predicted molar refractivity (Wildman–Crippen MR) is 73.9 cm³/mol. The third-order valence-electron chi connectivity index (χ3n) is 3.82. The van der Waals surface area contributed by atoms with E-state index in [1.165, 1.54) is 11.1 Å². The topological polar surface area (TPSA) is 32.3 Å². The van der Waals surface area contributed by atoms with E-state index in [4.69, 9.17) is 0 Å². The van der Waals surface area contributed by atoms with Gasteiger partial charge in [0, 0.05) is 18.7 Å². The van der Waals surface area contributed by atoms with Crippen molar-refractivity contribution in [2.24, 2.45) is 5.92 Å². The summed E-state index contributed by atoms with van der Waals surface area (Å²) in [6.07, 6.45) is 1.11. The first-order valence-corrected chi connectivity index (χ1v) is 6.63. The fourth-order valence-corrected chi connectivity index (χ4v) is 2.53. The maximum Gasteiger partial charge on any atom is 0.253 e. The standard InChI is InChI=1S/C15H22N2O/c1-11-4-5-14(8-12(11)2)15(18)17-7-6-13(10-17)9-16-3/h4-5,8,13,16H,6-7,9-10H2,1-3H3/t13-/m1/s1. The van der Waals surface area contributed by atoms with Gasteiger partial charge in [-0.3, -0.25) is 4.79 Å². The minimum Gasteiger partial charge on any atom is -0.338 e. The summed E-state index contributed by atoms with van der Waals surface area (Å²) >= 11 is 0. The highest BCUT2D eigenvalue weighted by molar-refractivity contribution is 5.94. The lowest BCUT2D eigenvalue weighted by atomic mass is 10.1. The fourth-order valence-electron chi connectivity index (χ4n) is 2.53. The third kappa shape index (κ3) is 2.72. The van der Waals surface area contributed by atoms with E-state index in [-0.39, 0.29) is 5.91 Å². The second-order valence-electron chi connectivity index (χ2n) is 5.26. The summed E-state index contributed by atoms with van der Waals surface area (Å²) in [4.78, 5) is 14.3. The number of amides is 1. The molecule has 0 saturated carbocycles. The molecule has 0 aromatic heterocycles. The average Bonchev–Trinajstić information content (AvgIpc) is 2.81. The van der Waals surface area contributed by atoms with Crippen molar-refractivity contribution in [1.82, 2.24) is 10.2 Å². The molecule has 1 atom stereocenters. The molecule has 0 spiro atoms. The van der Waals surface area contributed by atoms with Crippen LogP contribution in [0.25, 0.3) is 0 Å². The lowest BCUT2D eigenvalue weighted by molar-refractivity contribution is 0.0787. The molecule has 18 heavy (non-hydrogen) atoms. The van der Waals surface area contributed by atoms with Crippen molar-refractivity contribution in [2.45, 2.75) is 20.3 Å². The van der Waals surface area contributed by atoms with E-state index in [1.54, 1.807) is 0 Å². The monoisotopic (exact) mass is 246 g/mol. The van der Waals surface area contributed by atoms with Crippen LogP contribution in [0.3, 0.4) is 0 Å². The van der Waals surface area contributed by atoms with Gasteiger partial charge in [-0.1, -0.05) is 6.07 Å². The quantitative estimate of drug-likeness (QED) is 0.884. The van der Waals surface area contributed by atoms with Crippen LogP contribution in [0, 0.1) is 19.8 Å². The number of carbonyl (C=O) groups is 1. The van der Waals surface area contributed by atoms with Crippen LogP contribution in [0.15, 0.2) is 18.2 Å². The van der Waals surface area contributed by atoms with Crippen LogP contribution in [0.4, 0.5) is 0 Å². The van der Waals surface area contributed by atoms with Crippen molar-refractivity contribution in [3.63, 3.8) is 0 Å². The summed E-state index contributed by atoms with van der Waals surface area (Å²) in [6.45, 7) is 6.89. The molecule has 1 N–H and O–H groups in total. The van der Waals surface area contributed by atoms with E-state index in [0.717, 1.165) is 31.6 Å². The number of carbonyl (C=O) groups excluding carboxylic acids is 1. The number of aryl methyl sites for hydroxylation is 2. The van der Waals surface area contributed by atoms with Gasteiger partial charge < -0.3 is 10.2 Å². The van der Waals surface area contributed by atoms with E-state index in [2.05, 4.69) is 19.2 Å². The van der Waals surface area contributed by atoms with Crippen LogP contribution in [-0.2, 0) is 0 Å². The normalized spacial score (nSPS) is 19.3. The SMILES string of the molecule is CNC[C@H]1CCN(C(=O)c2ccc(C)c(C)c2)C1. The fraction of sp³-hybridized carbons (Fsp3) is 0.533. The molecular weight excluding hydrogens is 224 g/mol. The molecule has 0 unspecified atom stereocenters. The molecule has 1 heterocycles. The van der Waals surface area contributed by atoms with E-state index in [1.807, 2.05) is 30.1 Å². The van der Waals surface area contributed by atoms with Crippen molar-refractivity contribution in [1.29, 1.82) is 0 Å². The number of nitrogens with one attached hydrogen (secondary N) is 1. The number of benzene rings is 1. The van der Waals surface area contributed by atoms with E-state index < -0.39 is 0 Å². The number of hydrogen-bond donors (Lipinski definition) is 1. The highest BCUT2D eigenvalue weighted by Crippen LogP contribution is 2.19. The second kappa shape index (κ2) is 5.53. The molecule has 1 aliphatic heterocycles. The first-order valence-electron chi connectivity index (χ1n) is 6.63. The van der Waals surface area contributed by atoms with Gasteiger partial charge in [-0.2, -0.15) is 0 Å². The van der Waals surface area contributed by atoms with Crippen molar-refractivity contribution in [3.8, 4) is 0 Å². The molecule has 98 valence electrons. The maximum atomic E-state index is 12.4. The summed E-state index contributed by atoms with van der Waals surface area (Å²) < 4.78 is 0. The number of likely N-dealkylation sites (tertiary alicyclic amines) is 1. The van der Waals surface area contributed by atoms with Crippen LogP contribution < -0.4 is 5.32 Å². The zero-order valence-corrected chi connectivity index (χ0v) is 11.5. The molecule has 3 heteroatoms. The molecular formula is C15H22N2O. The zero-order valence-electron chi connectivity index (χ0n) is 11.5. The Kier molecular flexibility index (Phi) is 4.02. The highest BCUT2D eigenvalue weighted by Gasteiger charge is 2.26. The van der Waals surface area contributed by atoms with E-state index >= 15 is 0 Å². The van der Waals surface area contributed by atoms with Gasteiger partial charge in [-0.25, -0.2) is 0 Å². The molecule has 0 aliphatic carbocycles. The molecule has 1 amide bonds. The van der Waals surface area contributed by atoms with Crippen LogP contribution in [-0.4, -0.2) is 37.5 Å². The Morgan fingerprint density at radius 3 is 2.83 bits per heavy atom. The first-order chi connectivity index (χ1) is 8.61. The molecule has 0 radical (unpaired) electrons. The van der Waals surface area contributed by atoms with Crippen molar-refractivity contribution >= 4 is 5.91 Å². The van der Waals surface area contributed by atoms with Crippen LogP contribution in [0.1, 0.15) is 27.9 Å². The predicted octanol–water partition coefficient (Wildman–Crippen LogP) is 1.98. The minimum atomic E-state index is 0.178. The molecule has 0 bridgehead atoms. The number of nitrogens with zero attached hydrogens (tertiary/aromatic N) is 1. The second-order valence-corrected chi connectivity index (χ2v) is 5.26. The summed E-state index contributed by atoms with van der Waals surface area (Å²) in [5.74, 6) is 0.780. The average molecular weight is 246 g/mol. The first kappa shape index (κ1) is 13.1. The minimum absolute atomic E-state index is 0.178. The molecule has 1 aromatic rings. The van der Waals surface area contributed by atoms with Crippen molar-refractivity contribution in [3.05, 3.63) is 34.9 Å². The van der Waals surface area contributed by atoms with Crippen LogP contribution >= 0.6 is 0 Å². The Morgan fingerprint density at radius 1 is 1.39 bits per heavy atom. The summed E-state index contributed by atoms with van der Waals surface area (Å²) in [5.41, 5.74) is 3.25. The van der Waals surface area contributed by atoms with Crippen molar-refractivity contribution in [2.75, 3.05) is 26.7 Å². The lowest BCUT2D eigenvalue weighted by Crippen LogP contribution is -2.30. The molecule has 2 rings (SSSR count). The smallest absolute Gasteiger partial charge is 0.253 e. The lowest BCUT2D eigenvalue weighted by Gasteiger charge is -2.17. The number of hydrogen-bond acceptors (Lipinski definition) is 2. The van der Waals surface area contributed by atoms with Gasteiger partial charge in [0.25, 0.3) is 5.91 Å². The zero-order chi connectivity index (χ0) is 13.1. The summed E-state index contributed by atoms with van der Waals surface area (Å²) in [5, 5.41) is 3.19. The van der Waals surface area contributed by atoms with Crippen molar-refractivity contribution < 1.29 is 4.79 Å². The molecule has 3 nitrogen and oxygen atoms in total.